The molecule has 1 unspecified atom stereocenters. The second-order valence-electron chi connectivity index (χ2n) is 4.68. The first-order chi connectivity index (χ1) is 8.99. The van der Waals surface area contributed by atoms with Crippen molar-refractivity contribution in [2.75, 3.05) is 18.8 Å². The molecule has 0 bridgehead atoms. The van der Waals surface area contributed by atoms with E-state index in [4.69, 9.17) is 5.73 Å². The quantitative estimate of drug-likeness (QED) is 0.529. The van der Waals surface area contributed by atoms with Crippen molar-refractivity contribution in [3.05, 3.63) is 23.8 Å². The normalized spacial score (nSPS) is 18.4. The molecule has 2 amide bonds. The Hall–Kier alpha value is -2.24. The Bertz CT molecular complexity index is 516. The van der Waals surface area contributed by atoms with Crippen LogP contribution < -0.4 is 11.1 Å². The summed E-state index contributed by atoms with van der Waals surface area (Å²) in [6, 6.07) is 4.68. The van der Waals surface area contributed by atoms with Crippen LogP contribution in [0.15, 0.2) is 18.2 Å². The summed E-state index contributed by atoms with van der Waals surface area (Å²) in [4.78, 5) is 24.8. The standard InChI is InChI=1S/C13H17N3O3/c1-8(17)15-9-5-6-16(7-9)13(19)10-3-2-4-11(14)12(10)18/h2-4,9,18H,5-7,14H2,1H3,(H,15,17). The Balaban J connectivity index is 2.09. The van der Waals surface area contributed by atoms with Gasteiger partial charge in [-0.15, -0.1) is 0 Å². The number of carbonyl (C=O) groups excluding carboxylic acids is 2. The van der Waals surface area contributed by atoms with Gasteiger partial charge in [-0.2, -0.15) is 0 Å². The summed E-state index contributed by atoms with van der Waals surface area (Å²) >= 11 is 0. The number of nitrogens with one attached hydrogen (secondary N) is 1. The lowest BCUT2D eigenvalue weighted by molar-refractivity contribution is -0.119. The summed E-state index contributed by atoms with van der Waals surface area (Å²) < 4.78 is 0. The zero-order valence-corrected chi connectivity index (χ0v) is 10.7. The first-order valence-corrected chi connectivity index (χ1v) is 6.13. The van der Waals surface area contributed by atoms with E-state index in [0.29, 0.717) is 19.5 Å². The molecular formula is C13H17N3O3. The summed E-state index contributed by atoms with van der Waals surface area (Å²) in [5.74, 6) is -0.556. The Morgan fingerprint density at radius 2 is 2.21 bits per heavy atom. The molecule has 1 fully saturated rings. The number of nitrogen functional groups attached to an aromatic ring is 1. The fourth-order valence-electron chi connectivity index (χ4n) is 2.25. The zero-order valence-electron chi connectivity index (χ0n) is 10.7. The van der Waals surface area contributed by atoms with Gasteiger partial charge in [0.25, 0.3) is 5.91 Å². The van der Waals surface area contributed by atoms with Gasteiger partial charge in [0.05, 0.1) is 11.3 Å². The molecule has 0 aromatic heterocycles. The van der Waals surface area contributed by atoms with E-state index < -0.39 is 0 Å². The Kier molecular flexibility index (Phi) is 3.59. The first-order valence-electron chi connectivity index (χ1n) is 6.13. The number of rotatable bonds is 2. The van der Waals surface area contributed by atoms with Crippen LogP contribution in [0.3, 0.4) is 0 Å². The van der Waals surface area contributed by atoms with Gasteiger partial charge >= 0.3 is 0 Å². The van der Waals surface area contributed by atoms with Gasteiger partial charge in [-0.1, -0.05) is 6.07 Å². The molecule has 102 valence electrons. The maximum absolute atomic E-state index is 12.2. The van der Waals surface area contributed by atoms with Gasteiger partial charge in [-0.25, -0.2) is 0 Å². The maximum atomic E-state index is 12.2. The first kappa shape index (κ1) is 13.2. The molecule has 0 spiro atoms. The van der Waals surface area contributed by atoms with Crippen molar-refractivity contribution in [2.45, 2.75) is 19.4 Å². The fraction of sp³-hybridized carbons (Fsp3) is 0.385. The van der Waals surface area contributed by atoms with Crippen LogP contribution in [0.1, 0.15) is 23.7 Å². The Morgan fingerprint density at radius 1 is 1.47 bits per heavy atom. The number of amides is 2. The van der Waals surface area contributed by atoms with Gasteiger partial charge in [0.2, 0.25) is 5.91 Å². The number of phenols is 1. The predicted octanol–water partition coefficient (Wildman–Crippen LogP) is 0.325. The van der Waals surface area contributed by atoms with Crippen LogP contribution in [0.4, 0.5) is 5.69 Å². The van der Waals surface area contributed by atoms with E-state index in [0.717, 1.165) is 0 Å². The highest BCUT2D eigenvalue weighted by atomic mass is 16.3. The van der Waals surface area contributed by atoms with Gasteiger partial charge < -0.3 is 21.1 Å². The van der Waals surface area contributed by atoms with Crippen molar-refractivity contribution in [3.63, 3.8) is 0 Å². The largest absolute Gasteiger partial charge is 0.505 e. The number of aromatic hydroxyl groups is 1. The van der Waals surface area contributed by atoms with Crippen LogP contribution in [0.5, 0.6) is 5.75 Å². The zero-order chi connectivity index (χ0) is 14.0. The fourth-order valence-corrected chi connectivity index (χ4v) is 2.25. The third kappa shape index (κ3) is 2.78. The minimum absolute atomic E-state index is 0.0235. The van der Waals surface area contributed by atoms with Gasteiger partial charge in [-0.05, 0) is 18.6 Å². The number of anilines is 1. The highest BCUT2D eigenvalue weighted by Crippen LogP contribution is 2.26. The van der Waals surface area contributed by atoms with Crippen molar-refractivity contribution < 1.29 is 14.7 Å². The SMILES string of the molecule is CC(=O)NC1CCN(C(=O)c2cccc(N)c2O)C1. The molecule has 1 atom stereocenters. The Morgan fingerprint density at radius 3 is 2.89 bits per heavy atom. The molecule has 0 saturated carbocycles. The minimum atomic E-state index is -0.266. The maximum Gasteiger partial charge on any atom is 0.257 e. The van der Waals surface area contributed by atoms with Crippen LogP contribution in [0, 0.1) is 0 Å². The molecule has 0 aliphatic carbocycles. The lowest BCUT2D eigenvalue weighted by Crippen LogP contribution is -2.37. The van der Waals surface area contributed by atoms with Crippen LogP contribution in [0.2, 0.25) is 0 Å². The van der Waals surface area contributed by atoms with E-state index in [-0.39, 0.29) is 34.9 Å². The molecular weight excluding hydrogens is 246 g/mol. The van der Waals surface area contributed by atoms with E-state index >= 15 is 0 Å². The smallest absolute Gasteiger partial charge is 0.257 e. The van der Waals surface area contributed by atoms with Gasteiger partial charge in [0.1, 0.15) is 0 Å². The van der Waals surface area contributed by atoms with Crippen LogP contribution in [-0.4, -0.2) is 41.0 Å². The second-order valence-corrected chi connectivity index (χ2v) is 4.68. The van der Waals surface area contributed by atoms with E-state index in [1.54, 1.807) is 17.0 Å². The Labute approximate surface area is 111 Å². The topological polar surface area (TPSA) is 95.7 Å². The molecule has 0 radical (unpaired) electrons. The molecule has 19 heavy (non-hydrogen) atoms. The van der Waals surface area contributed by atoms with Crippen molar-refractivity contribution in [1.29, 1.82) is 0 Å². The monoisotopic (exact) mass is 263 g/mol. The molecule has 1 saturated heterocycles. The van der Waals surface area contributed by atoms with Crippen molar-refractivity contribution in [2.24, 2.45) is 0 Å². The van der Waals surface area contributed by atoms with E-state index in [1.165, 1.54) is 13.0 Å². The van der Waals surface area contributed by atoms with E-state index in [2.05, 4.69) is 5.32 Å². The number of hydrogen-bond donors (Lipinski definition) is 3. The highest BCUT2D eigenvalue weighted by Gasteiger charge is 2.28. The number of benzene rings is 1. The third-order valence-corrected chi connectivity index (χ3v) is 3.18. The number of likely N-dealkylation sites (tertiary alicyclic amines) is 1. The van der Waals surface area contributed by atoms with Crippen LogP contribution >= 0.6 is 0 Å². The van der Waals surface area contributed by atoms with Crippen molar-refractivity contribution in [3.8, 4) is 5.75 Å². The second kappa shape index (κ2) is 5.17. The summed E-state index contributed by atoms with van der Waals surface area (Å²) in [7, 11) is 0. The average molecular weight is 263 g/mol. The molecule has 6 nitrogen and oxygen atoms in total. The van der Waals surface area contributed by atoms with Crippen molar-refractivity contribution in [1.82, 2.24) is 10.2 Å². The van der Waals surface area contributed by atoms with E-state index in [9.17, 15) is 14.7 Å². The number of carbonyl (C=O) groups is 2. The molecule has 6 heteroatoms. The predicted molar refractivity (Wildman–Crippen MR) is 70.6 cm³/mol. The lowest BCUT2D eigenvalue weighted by Gasteiger charge is -2.17. The summed E-state index contributed by atoms with van der Waals surface area (Å²) in [6.45, 7) is 2.46. The lowest BCUT2D eigenvalue weighted by atomic mass is 10.1. The summed E-state index contributed by atoms with van der Waals surface area (Å²) in [6.07, 6.45) is 0.717. The third-order valence-electron chi connectivity index (χ3n) is 3.18. The molecule has 1 heterocycles. The summed E-state index contributed by atoms with van der Waals surface area (Å²) in [5.41, 5.74) is 5.95. The van der Waals surface area contributed by atoms with Gasteiger partial charge in [-0.3, -0.25) is 9.59 Å². The van der Waals surface area contributed by atoms with Crippen LogP contribution in [0.25, 0.3) is 0 Å². The number of para-hydroxylation sites is 1. The van der Waals surface area contributed by atoms with E-state index in [1.807, 2.05) is 0 Å². The number of nitrogens with two attached hydrogens (primary N) is 1. The highest BCUT2D eigenvalue weighted by molar-refractivity contribution is 5.98. The number of phenolic OH excluding ortho intramolecular Hbond substituents is 1. The molecule has 4 N–H and O–H groups in total. The molecule has 1 aliphatic rings. The average Bonchev–Trinajstić information content (AvgIpc) is 2.79. The molecule has 2 rings (SSSR count). The summed E-state index contributed by atoms with van der Waals surface area (Å²) in [5, 5.41) is 12.6. The molecule has 1 aromatic rings. The van der Waals surface area contributed by atoms with Crippen LogP contribution in [-0.2, 0) is 4.79 Å². The van der Waals surface area contributed by atoms with Gasteiger partial charge in [0.15, 0.2) is 5.75 Å². The minimum Gasteiger partial charge on any atom is -0.505 e. The molecule has 1 aliphatic heterocycles. The molecule has 1 aromatic carbocycles. The van der Waals surface area contributed by atoms with Gasteiger partial charge in [0, 0.05) is 26.1 Å². The number of nitrogens with zero attached hydrogens (tertiary/aromatic N) is 1. The van der Waals surface area contributed by atoms with Crippen molar-refractivity contribution >= 4 is 17.5 Å². The number of hydrogen-bond acceptors (Lipinski definition) is 4.